The molecule has 0 fully saturated rings. The van der Waals surface area contributed by atoms with Crippen LogP contribution in [0.15, 0.2) is 70.5 Å². The molecule has 0 aliphatic rings. The van der Waals surface area contributed by atoms with Crippen molar-refractivity contribution in [2.75, 3.05) is 0 Å². The second-order valence-electron chi connectivity index (χ2n) is 7.50. The largest absolute Gasteiger partial charge is 0.270 e. The molecule has 0 saturated heterocycles. The molecular weight excluding hydrogens is 376 g/mol. The van der Waals surface area contributed by atoms with Crippen LogP contribution in [0.4, 0.5) is 0 Å². The van der Waals surface area contributed by atoms with Crippen LogP contribution >= 0.6 is 11.3 Å². The summed E-state index contributed by atoms with van der Waals surface area (Å²) in [5, 5.41) is 1.69. The molecule has 27 heavy (non-hydrogen) atoms. The third-order valence-electron chi connectivity index (χ3n) is 4.35. The van der Waals surface area contributed by atoms with Crippen molar-refractivity contribution in [3.63, 3.8) is 0 Å². The first-order valence-corrected chi connectivity index (χ1v) is 11.1. The maximum absolute atomic E-state index is 13.1. The Kier molecular flexibility index (Phi) is 5.79. The molecule has 0 aliphatic carbocycles. The van der Waals surface area contributed by atoms with E-state index in [1.54, 1.807) is 5.38 Å². The number of sulfonamides is 1. The van der Waals surface area contributed by atoms with Gasteiger partial charge in [0.05, 0.1) is 0 Å². The van der Waals surface area contributed by atoms with Crippen molar-refractivity contribution in [2.24, 2.45) is 0 Å². The Labute approximate surface area is 165 Å². The lowest BCUT2D eigenvalue weighted by molar-refractivity contribution is 0.400. The molecule has 0 bridgehead atoms. The highest BCUT2D eigenvalue weighted by molar-refractivity contribution is 7.91. The zero-order valence-corrected chi connectivity index (χ0v) is 17.4. The smallest absolute Gasteiger partial charge is 0.233 e. The van der Waals surface area contributed by atoms with E-state index in [0.717, 1.165) is 22.5 Å². The number of hydrogen-bond donors (Lipinski definition) is 0. The van der Waals surface area contributed by atoms with E-state index in [1.807, 2.05) is 42.5 Å². The first-order chi connectivity index (χ1) is 12.8. The summed E-state index contributed by atoms with van der Waals surface area (Å²) in [5.74, 6) is 0. The second kappa shape index (κ2) is 7.92. The first-order valence-electron chi connectivity index (χ1n) is 8.80. The van der Waals surface area contributed by atoms with Gasteiger partial charge in [-0.3, -0.25) is 0 Å². The van der Waals surface area contributed by atoms with E-state index in [0.29, 0.717) is 13.1 Å². The highest BCUT2D eigenvalue weighted by Crippen LogP contribution is 2.25. The normalized spacial score (nSPS) is 12.4. The van der Waals surface area contributed by atoms with E-state index in [1.165, 1.54) is 16.1 Å². The highest BCUT2D eigenvalue weighted by Gasteiger charge is 2.27. The van der Waals surface area contributed by atoms with Crippen molar-refractivity contribution in [2.45, 2.75) is 43.6 Å². The average Bonchev–Trinajstić information content (AvgIpc) is 3.17. The van der Waals surface area contributed by atoms with Gasteiger partial charge in [-0.2, -0.15) is 4.31 Å². The predicted octanol–water partition coefficient (Wildman–Crippen LogP) is 4.83. The minimum absolute atomic E-state index is 0.0647. The monoisotopic (exact) mass is 400 g/mol. The zero-order valence-electron chi connectivity index (χ0n) is 15.8. The zero-order chi connectivity index (χ0) is 19.5. The lowest BCUT2D eigenvalue weighted by Crippen LogP contribution is -2.30. The van der Waals surface area contributed by atoms with Gasteiger partial charge in [0, 0.05) is 24.7 Å². The third-order valence-corrected chi connectivity index (χ3v) is 7.32. The van der Waals surface area contributed by atoms with Crippen LogP contribution in [-0.2, 0) is 28.5 Å². The van der Waals surface area contributed by atoms with Gasteiger partial charge in [-0.25, -0.2) is 13.4 Å². The van der Waals surface area contributed by atoms with Crippen LogP contribution in [0.2, 0.25) is 0 Å². The fraction of sp³-hybridized carbons (Fsp3) is 0.286. The molecule has 4 nitrogen and oxygen atoms in total. The molecule has 0 spiro atoms. The molecule has 6 heteroatoms. The van der Waals surface area contributed by atoms with Gasteiger partial charge in [0.2, 0.25) is 4.34 Å². The number of thiazole rings is 1. The van der Waals surface area contributed by atoms with E-state index in [-0.39, 0.29) is 9.75 Å². The van der Waals surface area contributed by atoms with Crippen LogP contribution in [0, 0.1) is 0 Å². The Morgan fingerprint density at radius 1 is 0.926 bits per heavy atom. The summed E-state index contributed by atoms with van der Waals surface area (Å²) in [6.45, 7) is 7.11. The fourth-order valence-corrected chi connectivity index (χ4v) is 5.16. The number of benzene rings is 2. The van der Waals surface area contributed by atoms with Crippen molar-refractivity contribution in [1.82, 2.24) is 9.29 Å². The molecule has 0 saturated carbocycles. The Balaban J connectivity index is 1.90. The number of aromatic nitrogens is 1. The first kappa shape index (κ1) is 19.7. The van der Waals surface area contributed by atoms with Crippen molar-refractivity contribution in [3.8, 4) is 0 Å². The summed E-state index contributed by atoms with van der Waals surface area (Å²) in [5.41, 5.74) is 3.20. The van der Waals surface area contributed by atoms with E-state index < -0.39 is 10.0 Å². The van der Waals surface area contributed by atoms with Crippen LogP contribution < -0.4 is 0 Å². The summed E-state index contributed by atoms with van der Waals surface area (Å²) < 4.78 is 27.8. The molecule has 1 heterocycles. The molecule has 142 valence electrons. The summed E-state index contributed by atoms with van der Waals surface area (Å²) in [7, 11) is -3.65. The molecule has 2 aromatic carbocycles. The molecule has 3 aromatic rings. The van der Waals surface area contributed by atoms with Crippen molar-refractivity contribution < 1.29 is 8.42 Å². The topological polar surface area (TPSA) is 50.3 Å². The van der Waals surface area contributed by atoms with Crippen molar-refractivity contribution >= 4 is 21.4 Å². The SMILES string of the molecule is CC(C)(C)c1ccc(CN(Cc2ccccc2)S(=O)(=O)c2nccs2)cc1. The van der Waals surface area contributed by atoms with Crippen molar-refractivity contribution in [1.29, 1.82) is 0 Å². The summed E-state index contributed by atoms with van der Waals surface area (Å²) in [6.07, 6.45) is 1.52. The molecule has 0 atom stereocenters. The van der Waals surface area contributed by atoms with E-state index in [2.05, 4.69) is 37.9 Å². The minimum atomic E-state index is -3.65. The molecule has 1 aromatic heterocycles. The van der Waals surface area contributed by atoms with Gasteiger partial charge in [-0.15, -0.1) is 11.3 Å². The van der Waals surface area contributed by atoms with Gasteiger partial charge >= 0.3 is 0 Å². The Morgan fingerprint density at radius 3 is 2.04 bits per heavy atom. The molecular formula is C21H24N2O2S2. The Bertz CT molecular complexity index is 959. The quantitative estimate of drug-likeness (QED) is 0.595. The van der Waals surface area contributed by atoms with Crippen molar-refractivity contribution in [3.05, 3.63) is 82.9 Å². The van der Waals surface area contributed by atoms with Crippen LogP contribution in [0.5, 0.6) is 0 Å². The van der Waals surface area contributed by atoms with Gasteiger partial charge in [-0.05, 0) is 22.1 Å². The molecule has 3 rings (SSSR count). The number of hydrogen-bond acceptors (Lipinski definition) is 4. The third kappa shape index (κ3) is 4.83. The molecule has 0 amide bonds. The maximum atomic E-state index is 13.1. The molecule has 0 unspecified atom stereocenters. The Hall–Kier alpha value is -2.02. The number of nitrogens with zero attached hydrogens (tertiary/aromatic N) is 2. The minimum Gasteiger partial charge on any atom is -0.233 e. The van der Waals surface area contributed by atoms with Crippen LogP contribution in [0.3, 0.4) is 0 Å². The van der Waals surface area contributed by atoms with Gasteiger partial charge in [0.15, 0.2) is 0 Å². The van der Waals surface area contributed by atoms with Crippen LogP contribution in [-0.4, -0.2) is 17.7 Å². The van der Waals surface area contributed by atoms with Crippen LogP contribution in [0.25, 0.3) is 0 Å². The standard InChI is InChI=1S/C21H24N2O2S2/c1-21(2,3)19-11-9-18(10-12-19)16-23(15-17-7-5-4-6-8-17)27(24,25)20-22-13-14-26-20/h4-14H,15-16H2,1-3H3. The van der Waals surface area contributed by atoms with Gasteiger partial charge in [0.1, 0.15) is 0 Å². The predicted molar refractivity (Wildman–Crippen MR) is 110 cm³/mol. The highest BCUT2D eigenvalue weighted by atomic mass is 32.2. The van der Waals surface area contributed by atoms with E-state index >= 15 is 0 Å². The lowest BCUT2D eigenvalue weighted by Gasteiger charge is -2.23. The van der Waals surface area contributed by atoms with Crippen LogP contribution in [0.1, 0.15) is 37.5 Å². The summed E-state index contributed by atoms with van der Waals surface area (Å²) in [6, 6.07) is 17.8. The fourth-order valence-electron chi connectivity index (χ4n) is 2.77. The Morgan fingerprint density at radius 2 is 1.52 bits per heavy atom. The number of rotatable bonds is 6. The van der Waals surface area contributed by atoms with E-state index in [9.17, 15) is 8.42 Å². The molecule has 0 N–H and O–H groups in total. The molecule has 0 aliphatic heterocycles. The summed E-state index contributed by atoms with van der Waals surface area (Å²) >= 11 is 1.14. The average molecular weight is 401 g/mol. The van der Waals surface area contributed by atoms with E-state index in [4.69, 9.17) is 0 Å². The molecule has 0 radical (unpaired) electrons. The summed E-state index contributed by atoms with van der Waals surface area (Å²) in [4.78, 5) is 4.03. The maximum Gasteiger partial charge on any atom is 0.270 e. The second-order valence-corrected chi connectivity index (χ2v) is 10.5. The van der Waals surface area contributed by atoms with Gasteiger partial charge in [0.25, 0.3) is 10.0 Å². The van der Waals surface area contributed by atoms with Gasteiger partial charge in [-0.1, -0.05) is 75.4 Å². The lowest BCUT2D eigenvalue weighted by atomic mass is 9.87. The van der Waals surface area contributed by atoms with Gasteiger partial charge < -0.3 is 0 Å².